The number of thiazole rings is 1. The van der Waals surface area contributed by atoms with Gasteiger partial charge >= 0.3 is 0 Å². The number of nitriles is 1. The highest BCUT2D eigenvalue weighted by Crippen LogP contribution is 2.30. The molecule has 0 fully saturated rings. The van der Waals surface area contributed by atoms with Crippen LogP contribution in [0, 0.1) is 11.3 Å². The molecule has 30 heavy (non-hydrogen) atoms. The lowest BCUT2D eigenvalue weighted by Gasteiger charge is -2.05. The van der Waals surface area contributed by atoms with Crippen LogP contribution in [0.15, 0.2) is 47.8 Å². The van der Waals surface area contributed by atoms with Gasteiger partial charge in [-0.3, -0.25) is 4.79 Å². The van der Waals surface area contributed by atoms with Crippen molar-refractivity contribution in [3.8, 4) is 17.3 Å². The van der Waals surface area contributed by atoms with E-state index in [9.17, 15) is 13.2 Å². The molecule has 0 radical (unpaired) electrons. The Bertz CT molecular complexity index is 1240. The number of benzene rings is 2. The number of amides is 1. The lowest BCUT2D eigenvalue weighted by Crippen LogP contribution is -2.23. The zero-order valence-electron chi connectivity index (χ0n) is 16.1. The van der Waals surface area contributed by atoms with Crippen LogP contribution < -0.4 is 5.32 Å². The molecule has 152 valence electrons. The minimum Gasteiger partial charge on any atom is -0.301 e. The molecule has 0 unspecified atom stereocenters. The number of nitrogens with one attached hydrogen (secondary N) is 1. The molecule has 0 bridgehead atoms. The van der Waals surface area contributed by atoms with E-state index in [0.717, 1.165) is 24.1 Å². The highest BCUT2D eigenvalue weighted by molar-refractivity contribution is 7.91. The number of carbonyl (C=O) groups excluding carboxylic acids is 1. The molecule has 0 spiro atoms. The Morgan fingerprint density at radius 2 is 1.90 bits per heavy atom. The van der Waals surface area contributed by atoms with E-state index in [4.69, 9.17) is 5.26 Å². The molecule has 1 aliphatic carbocycles. The first-order valence-electron chi connectivity index (χ1n) is 9.49. The fourth-order valence-electron chi connectivity index (χ4n) is 3.53. The Labute approximate surface area is 179 Å². The summed E-state index contributed by atoms with van der Waals surface area (Å²) in [6.07, 6.45) is 3.37. The Hall–Kier alpha value is -3.02. The molecule has 1 aromatic heterocycles. The summed E-state index contributed by atoms with van der Waals surface area (Å²) in [4.78, 5) is 16.7. The van der Waals surface area contributed by atoms with E-state index < -0.39 is 21.5 Å². The van der Waals surface area contributed by atoms with E-state index in [1.54, 1.807) is 24.3 Å². The van der Waals surface area contributed by atoms with Crippen LogP contribution >= 0.6 is 11.3 Å². The molecule has 0 saturated carbocycles. The van der Waals surface area contributed by atoms with Crippen LogP contribution in [0.2, 0.25) is 0 Å². The molecular weight excluding hydrogens is 418 g/mol. The van der Waals surface area contributed by atoms with Gasteiger partial charge in [0.2, 0.25) is 5.91 Å². The average Bonchev–Trinajstić information content (AvgIpc) is 3.36. The van der Waals surface area contributed by atoms with Crippen molar-refractivity contribution in [3.63, 3.8) is 0 Å². The van der Waals surface area contributed by atoms with Gasteiger partial charge in [0, 0.05) is 10.9 Å². The first-order chi connectivity index (χ1) is 14.4. The number of aryl methyl sites for hydroxylation is 2. The van der Waals surface area contributed by atoms with Gasteiger partial charge in [-0.2, -0.15) is 5.26 Å². The minimum absolute atomic E-state index is 0.260. The minimum atomic E-state index is -3.64. The zero-order valence-corrected chi connectivity index (χ0v) is 17.7. The van der Waals surface area contributed by atoms with Crippen LogP contribution in [0.1, 0.15) is 28.7 Å². The van der Waals surface area contributed by atoms with Crippen LogP contribution in [0.4, 0.5) is 5.13 Å². The average molecular weight is 438 g/mol. The van der Waals surface area contributed by atoms with Crippen molar-refractivity contribution in [1.29, 1.82) is 5.26 Å². The Balaban J connectivity index is 1.38. The van der Waals surface area contributed by atoms with Crippen molar-refractivity contribution >= 4 is 32.2 Å². The largest absolute Gasteiger partial charge is 0.301 e. The molecule has 1 aliphatic rings. The fraction of sp³-hybridized carbons (Fsp3) is 0.227. The number of sulfone groups is 1. The molecular formula is C22H19N3O3S2. The van der Waals surface area contributed by atoms with Gasteiger partial charge in [-0.05, 0) is 54.2 Å². The Morgan fingerprint density at radius 3 is 2.67 bits per heavy atom. The topological polar surface area (TPSA) is 99.9 Å². The molecule has 4 rings (SSSR count). The van der Waals surface area contributed by atoms with Gasteiger partial charge < -0.3 is 5.32 Å². The predicted octanol–water partition coefficient (Wildman–Crippen LogP) is 3.72. The highest BCUT2D eigenvalue weighted by atomic mass is 32.2. The van der Waals surface area contributed by atoms with Crippen molar-refractivity contribution in [2.45, 2.75) is 25.0 Å². The summed E-state index contributed by atoms with van der Waals surface area (Å²) in [5, 5.41) is 13.6. The van der Waals surface area contributed by atoms with Gasteiger partial charge in [0.15, 0.2) is 15.0 Å². The number of fused-ring (bicyclic) bond motifs is 1. The maximum absolute atomic E-state index is 12.3. The summed E-state index contributed by atoms with van der Waals surface area (Å²) in [5.41, 5.74) is 5.49. The van der Waals surface area contributed by atoms with Crippen LogP contribution in [0.3, 0.4) is 0 Å². The van der Waals surface area contributed by atoms with E-state index in [1.807, 2.05) is 17.5 Å². The normalized spacial score (nSPS) is 12.9. The van der Waals surface area contributed by atoms with Gasteiger partial charge in [0.05, 0.1) is 23.1 Å². The molecule has 0 saturated heterocycles. The maximum Gasteiger partial charge on any atom is 0.241 e. The van der Waals surface area contributed by atoms with Crippen LogP contribution in [0.5, 0.6) is 0 Å². The number of aromatic nitrogens is 1. The maximum atomic E-state index is 12.3. The Morgan fingerprint density at radius 1 is 1.13 bits per heavy atom. The number of carbonyl (C=O) groups is 1. The zero-order chi connectivity index (χ0) is 21.1. The summed E-state index contributed by atoms with van der Waals surface area (Å²) in [6, 6.07) is 14.6. The highest BCUT2D eigenvalue weighted by Gasteiger charge is 2.19. The second-order valence-corrected chi connectivity index (χ2v) is 10.2. The number of anilines is 1. The molecule has 0 atom stereocenters. The van der Waals surface area contributed by atoms with Crippen LogP contribution in [-0.2, 0) is 33.2 Å². The fourth-order valence-corrected chi connectivity index (χ4v) is 5.54. The second kappa shape index (κ2) is 8.38. The van der Waals surface area contributed by atoms with E-state index in [1.165, 1.54) is 28.9 Å². The SMILES string of the molecule is N#Cc1ccc(CS(=O)(=O)CC(=O)Nc2nc(-c3ccc4c(c3)CCC4)cs2)cc1. The summed E-state index contributed by atoms with van der Waals surface area (Å²) in [5.74, 6) is -1.50. The third-order valence-electron chi connectivity index (χ3n) is 4.97. The van der Waals surface area contributed by atoms with E-state index >= 15 is 0 Å². The molecule has 6 nitrogen and oxygen atoms in total. The number of hydrogen-bond donors (Lipinski definition) is 1. The van der Waals surface area contributed by atoms with Gasteiger partial charge in [-0.15, -0.1) is 11.3 Å². The van der Waals surface area contributed by atoms with Crippen molar-refractivity contribution in [3.05, 3.63) is 70.1 Å². The second-order valence-electron chi connectivity index (χ2n) is 7.26. The number of hydrogen-bond acceptors (Lipinski definition) is 6. The van der Waals surface area contributed by atoms with Crippen molar-refractivity contribution in [2.24, 2.45) is 0 Å². The molecule has 2 aromatic carbocycles. The van der Waals surface area contributed by atoms with Crippen molar-refractivity contribution in [2.75, 3.05) is 11.1 Å². The van der Waals surface area contributed by atoms with Crippen molar-refractivity contribution < 1.29 is 13.2 Å². The lowest BCUT2D eigenvalue weighted by molar-refractivity contribution is -0.113. The van der Waals surface area contributed by atoms with Gasteiger partial charge in [-0.1, -0.05) is 24.3 Å². The molecule has 0 aliphatic heterocycles. The molecule has 3 aromatic rings. The van der Waals surface area contributed by atoms with E-state index in [0.29, 0.717) is 16.3 Å². The van der Waals surface area contributed by atoms with Gasteiger partial charge in [-0.25, -0.2) is 13.4 Å². The van der Waals surface area contributed by atoms with Gasteiger partial charge in [0.25, 0.3) is 0 Å². The van der Waals surface area contributed by atoms with Crippen LogP contribution in [-0.4, -0.2) is 25.1 Å². The standard InChI is InChI=1S/C22H19N3O3S2/c23-11-15-4-6-16(7-5-15)13-30(27,28)14-21(26)25-22-24-20(12-29-22)19-9-8-17-2-1-3-18(17)10-19/h4-10,12H,1-3,13-14H2,(H,24,25,26). The first kappa shape index (κ1) is 20.3. The molecule has 1 heterocycles. The molecule has 1 amide bonds. The summed E-state index contributed by atoms with van der Waals surface area (Å²) in [6.45, 7) is 0. The Kier molecular flexibility index (Phi) is 5.66. The summed E-state index contributed by atoms with van der Waals surface area (Å²) >= 11 is 1.27. The smallest absolute Gasteiger partial charge is 0.241 e. The number of rotatable bonds is 6. The van der Waals surface area contributed by atoms with Crippen molar-refractivity contribution in [1.82, 2.24) is 4.98 Å². The first-order valence-corrected chi connectivity index (χ1v) is 12.2. The summed E-state index contributed by atoms with van der Waals surface area (Å²) < 4.78 is 24.7. The third kappa shape index (κ3) is 4.75. The third-order valence-corrected chi connectivity index (χ3v) is 7.20. The lowest BCUT2D eigenvalue weighted by atomic mass is 10.1. The summed E-state index contributed by atoms with van der Waals surface area (Å²) in [7, 11) is -3.64. The van der Waals surface area contributed by atoms with E-state index in [-0.39, 0.29) is 5.75 Å². The van der Waals surface area contributed by atoms with Gasteiger partial charge in [0.1, 0.15) is 5.75 Å². The van der Waals surface area contributed by atoms with E-state index in [2.05, 4.69) is 22.4 Å². The van der Waals surface area contributed by atoms with Crippen LogP contribution in [0.25, 0.3) is 11.3 Å². The number of nitrogens with zero attached hydrogens (tertiary/aromatic N) is 2. The monoisotopic (exact) mass is 437 g/mol. The molecule has 1 N–H and O–H groups in total. The molecule has 8 heteroatoms. The predicted molar refractivity (Wildman–Crippen MR) is 117 cm³/mol. The quantitative estimate of drug-likeness (QED) is 0.633.